The first-order valence-electron chi connectivity index (χ1n) is 7.17. The summed E-state index contributed by atoms with van der Waals surface area (Å²) in [5.74, 6) is -0.410. The molecule has 2 atom stereocenters. The standard InChI is InChI=1S/C15H18FN3O3/c1-18-12-5-6-19(8-11(12)17-15(18)21)14(20)10-7-9(16)3-4-13(10)22-2/h3-4,7,11-12H,5-6,8H2,1-2H3,(H,17,21)/t11-,12+/m1/s1. The Hall–Kier alpha value is -2.31. The molecule has 2 fully saturated rings. The molecule has 1 aromatic rings. The third-order valence-corrected chi connectivity index (χ3v) is 4.38. The van der Waals surface area contributed by atoms with Crippen molar-refractivity contribution in [2.75, 3.05) is 27.2 Å². The second-order valence-electron chi connectivity index (χ2n) is 5.62. The third kappa shape index (κ3) is 2.36. The number of nitrogens with one attached hydrogen (secondary N) is 1. The summed E-state index contributed by atoms with van der Waals surface area (Å²) in [6.45, 7) is 0.943. The van der Waals surface area contributed by atoms with Gasteiger partial charge in [-0.3, -0.25) is 4.79 Å². The zero-order valence-electron chi connectivity index (χ0n) is 12.5. The Labute approximate surface area is 127 Å². The first-order chi connectivity index (χ1) is 10.5. The van der Waals surface area contributed by atoms with Crippen molar-refractivity contribution in [3.8, 4) is 5.75 Å². The molecule has 3 rings (SSSR count). The monoisotopic (exact) mass is 307 g/mol. The molecular formula is C15H18FN3O3. The Morgan fingerprint density at radius 1 is 1.45 bits per heavy atom. The fourth-order valence-corrected chi connectivity index (χ4v) is 3.16. The van der Waals surface area contributed by atoms with Crippen LogP contribution in [0.1, 0.15) is 16.8 Å². The van der Waals surface area contributed by atoms with E-state index in [1.54, 1.807) is 16.8 Å². The van der Waals surface area contributed by atoms with Gasteiger partial charge in [0, 0.05) is 20.1 Å². The maximum Gasteiger partial charge on any atom is 0.317 e. The van der Waals surface area contributed by atoms with E-state index < -0.39 is 5.82 Å². The molecule has 0 aromatic heterocycles. The minimum Gasteiger partial charge on any atom is -0.496 e. The van der Waals surface area contributed by atoms with E-state index in [0.29, 0.717) is 25.3 Å². The second-order valence-corrected chi connectivity index (χ2v) is 5.62. The molecule has 2 saturated heterocycles. The van der Waals surface area contributed by atoms with E-state index in [1.807, 2.05) is 0 Å². The fourth-order valence-electron chi connectivity index (χ4n) is 3.16. The smallest absolute Gasteiger partial charge is 0.317 e. The maximum atomic E-state index is 13.4. The fraction of sp³-hybridized carbons (Fsp3) is 0.467. The highest BCUT2D eigenvalue weighted by Crippen LogP contribution is 2.26. The average molecular weight is 307 g/mol. The number of piperidine rings is 1. The van der Waals surface area contributed by atoms with Crippen molar-refractivity contribution in [1.29, 1.82) is 0 Å². The van der Waals surface area contributed by atoms with Crippen LogP contribution < -0.4 is 10.1 Å². The van der Waals surface area contributed by atoms with Crippen molar-refractivity contribution in [1.82, 2.24) is 15.1 Å². The van der Waals surface area contributed by atoms with Crippen LogP contribution in [0.4, 0.5) is 9.18 Å². The number of carbonyl (C=O) groups excluding carboxylic acids is 2. The normalized spacial score (nSPS) is 24.0. The van der Waals surface area contributed by atoms with Crippen LogP contribution in [0.5, 0.6) is 5.75 Å². The topological polar surface area (TPSA) is 61.9 Å². The van der Waals surface area contributed by atoms with Crippen LogP contribution in [-0.4, -0.2) is 61.1 Å². The Morgan fingerprint density at radius 2 is 2.23 bits per heavy atom. The Bertz CT molecular complexity index is 622. The number of likely N-dealkylation sites (tertiary alicyclic amines) is 1. The first-order valence-corrected chi connectivity index (χ1v) is 7.17. The lowest BCUT2D eigenvalue weighted by Gasteiger charge is -2.36. The molecule has 2 aliphatic heterocycles. The predicted molar refractivity (Wildman–Crippen MR) is 77.3 cm³/mol. The van der Waals surface area contributed by atoms with Crippen molar-refractivity contribution < 1.29 is 18.7 Å². The van der Waals surface area contributed by atoms with E-state index >= 15 is 0 Å². The summed E-state index contributed by atoms with van der Waals surface area (Å²) in [5, 5.41) is 2.87. The number of carbonyl (C=O) groups is 2. The molecule has 1 N–H and O–H groups in total. The van der Waals surface area contributed by atoms with Crippen molar-refractivity contribution >= 4 is 11.9 Å². The summed E-state index contributed by atoms with van der Waals surface area (Å²) >= 11 is 0. The number of rotatable bonds is 2. The maximum absolute atomic E-state index is 13.4. The van der Waals surface area contributed by atoms with Gasteiger partial charge in [0.25, 0.3) is 5.91 Å². The largest absolute Gasteiger partial charge is 0.496 e. The summed E-state index contributed by atoms with van der Waals surface area (Å²) in [7, 11) is 3.20. The molecule has 2 heterocycles. The predicted octanol–water partition coefficient (Wildman–Crippen LogP) is 1.07. The van der Waals surface area contributed by atoms with Crippen LogP contribution in [0.25, 0.3) is 0 Å². The Balaban J connectivity index is 1.80. The summed E-state index contributed by atoms with van der Waals surface area (Å²) < 4.78 is 18.6. The lowest BCUT2D eigenvalue weighted by atomic mass is 9.99. The first kappa shape index (κ1) is 14.6. The van der Waals surface area contributed by atoms with Crippen LogP contribution in [0, 0.1) is 5.82 Å². The number of nitrogens with zero attached hydrogens (tertiary/aromatic N) is 2. The Morgan fingerprint density at radius 3 is 2.95 bits per heavy atom. The molecule has 0 saturated carbocycles. The summed E-state index contributed by atoms with van der Waals surface area (Å²) in [6.07, 6.45) is 0.698. The zero-order valence-corrected chi connectivity index (χ0v) is 12.5. The molecule has 7 heteroatoms. The van der Waals surface area contributed by atoms with Crippen molar-refractivity contribution in [3.05, 3.63) is 29.6 Å². The van der Waals surface area contributed by atoms with E-state index in [-0.39, 0.29) is 29.6 Å². The van der Waals surface area contributed by atoms with Gasteiger partial charge in [0.2, 0.25) is 0 Å². The number of hydrogen-bond acceptors (Lipinski definition) is 3. The van der Waals surface area contributed by atoms with Crippen LogP contribution >= 0.6 is 0 Å². The minimum atomic E-state index is -0.479. The number of hydrogen-bond donors (Lipinski definition) is 1. The van der Waals surface area contributed by atoms with Gasteiger partial charge in [0.15, 0.2) is 0 Å². The van der Waals surface area contributed by atoms with Gasteiger partial charge in [-0.2, -0.15) is 0 Å². The molecule has 0 spiro atoms. The quantitative estimate of drug-likeness (QED) is 0.889. The van der Waals surface area contributed by atoms with E-state index in [0.717, 1.165) is 0 Å². The molecule has 0 radical (unpaired) electrons. The highest BCUT2D eigenvalue weighted by Gasteiger charge is 2.42. The van der Waals surface area contributed by atoms with Crippen LogP contribution in [0.2, 0.25) is 0 Å². The summed E-state index contributed by atoms with van der Waals surface area (Å²) in [6, 6.07) is 3.79. The van der Waals surface area contributed by atoms with E-state index in [2.05, 4.69) is 5.32 Å². The molecule has 3 amide bonds. The lowest BCUT2D eigenvalue weighted by Crippen LogP contribution is -2.52. The second kappa shape index (κ2) is 5.47. The summed E-state index contributed by atoms with van der Waals surface area (Å²) in [5.41, 5.74) is 0.207. The number of likely N-dealkylation sites (N-methyl/N-ethyl adjacent to an activating group) is 1. The molecule has 0 bridgehead atoms. The Kier molecular flexibility index (Phi) is 3.64. The van der Waals surface area contributed by atoms with Gasteiger partial charge in [0.1, 0.15) is 11.6 Å². The SMILES string of the molecule is COc1ccc(F)cc1C(=O)N1CC[C@H]2[C@@H](C1)NC(=O)N2C. The highest BCUT2D eigenvalue weighted by atomic mass is 19.1. The number of halogens is 1. The van der Waals surface area contributed by atoms with Crippen LogP contribution in [0.15, 0.2) is 18.2 Å². The van der Waals surface area contributed by atoms with Crippen molar-refractivity contribution in [2.45, 2.75) is 18.5 Å². The van der Waals surface area contributed by atoms with Gasteiger partial charge in [-0.05, 0) is 24.6 Å². The molecule has 22 heavy (non-hydrogen) atoms. The average Bonchev–Trinajstić information content (AvgIpc) is 2.80. The number of benzene rings is 1. The van der Waals surface area contributed by atoms with E-state index in [9.17, 15) is 14.0 Å². The highest BCUT2D eigenvalue weighted by molar-refractivity contribution is 5.97. The van der Waals surface area contributed by atoms with E-state index in [4.69, 9.17) is 4.74 Å². The van der Waals surface area contributed by atoms with Crippen LogP contribution in [0.3, 0.4) is 0 Å². The minimum absolute atomic E-state index is 0.0882. The van der Waals surface area contributed by atoms with Crippen LogP contribution in [-0.2, 0) is 0 Å². The molecule has 118 valence electrons. The van der Waals surface area contributed by atoms with Gasteiger partial charge < -0.3 is 19.9 Å². The van der Waals surface area contributed by atoms with Gasteiger partial charge in [-0.15, -0.1) is 0 Å². The summed E-state index contributed by atoms with van der Waals surface area (Å²) in [4.78, 5) is 27.6. The van der Waals surface area contributed by atoms with Gasteiger partial charge in [0.05, 0.1) is 24.8 Å². The molecule has 0 unspecified atom stereocenters. The van der Waals surface area contributed by atoms with Gasteiger partial charge in [-0.1, -0.05) is 0 Å². The number of methoxy groups -OCH3 is 1. The molecule has 1 aromatic carbocycles. The van der Waals surface area contributed by atoms with Crippen molar-refractivity contribution in [3.63, 3.8) is 0 Å². The van der Waals surface area contributed by atoms with Crippen molar-refractivity contribution in [2.24, 2.45) is 0 Å². The number of urea groups is 1. The van der Waals surface area contributed by atoms with Gasteiger partial charge in [-0.25, -0.2) is 9.18 Å². The number of fused-ring (bicyclic) bond motifs is 1. The van der Waals surface area contributed by atoms with E-state index in [1.165, 1.54) is 25.3 Å². The molecule has 6 nitrogen and oxygen atoms in total. The number of ether oxygens (including phenoxy) is 1. The molecule has 0 aliphatic carbocycles. The molecular weight excluding hydrogens is 289 g/mol. The zero-order chi connectivity index (χ0) is 15.9. The lowest BCUT2D eigenvalue weighted by molar-refractivity contribution is 0.0662. The molecule has 2 aliphatic rings. The third-order valence-electron chi connectivity index (χ3n) is 4.38. The van der Waals surface area contributed by atoms with Gasteiger partial charge >= 0.3 is 6.03 Å². The number of amides is 3.